The molecule has 1 saturated heterocycles. The molecule has 0 unspecified atom stereocenters. The average molecular weight is 348 g/mol. The number of carbonyl (C=O) groups is 1. The van der Waals surface area contributed by atoms with E-state index in [1.807, 2.05) is 29.2 Å². The number of nitrogens with zero attached hydrogens (tertiary/aromatic N) is 4. The Kier molecular flexibility index (Phi) is 4.44. The SMILES string of the molecule is N#Cc1cccnc1N1CCN(C(=O)[C@H]2COc3ccccc3C2)CC1. The van der Waals surface area contributed by atoms with Crippen LogP contribution in [0.2, 0.25) is 0 Å². The summed E-state index contributed by atoms with van der Waals surface area (Å²) < 4.78 is 5.76. The topological polar surface area (TPSA) is 69.5 Å². The zero-order valence-corrected chi connectivity index (χ0v) is 14.5. The molecule has 2 aromatic rings. The van der Waals surface area contributed by atoms with Gasteiger partial charge in [-0.1, -0.05) is 18.2 Å². The van der Waals surface area contributed by atoms with Gasteiger partial charge in [0.2, 0.25) is 5.91 Å². The molecule has 1 atom stereocenters. The standard InChI is InChI=1S/C20H20N4O2/c21-13-16-5-3-7-22-19(16)23-8-10-24(11-9-23)20(25)17-12-15-4-1-2-6-18(15)26-14-17/h1-7,17H,8-12,14H2/t17-/m1/s1. The summed E-state index contributed by atoms with van der Waals surface area (Å²) in [5.74, 6) is 1.62. The lowest BCUT2D eigenvalue weighted by atomic mass is 9.95. The Morgan fingerprint density at radius 2 is 1.96 bits per heavy atom. The molecule has 0 N–H and O–H groups in total. The number of fused-ring (bicyclic) bond motifs is 1. The van der Waals surface area contributed by atoms with Crippen molar-refractivity contribution in [1.82, 2.24) is 9.88 Å². The van der Waals surface area contributed by atoms with Crippen LogP contribution in [0.15, 0.2) is 42.6 Å². The number of pyridine rings is 1. The van der Waals surface area contributed by atoms with Gasteiger partial charge in [0.15, 0.2) is 0 Å². The van der Waals surface area contributed by atoms with Crippen LogP contribution in [0.4, 0.5) is 5.82 Å². The number of piperazine rings is 1. The third-order valence-corrected chi connectivity index (χ3v) is 5.03. The van der Waals surface area contributed by atoms with Crippen LogP contribution in [0.25, 0.3) is 0 Å². The zero-order valence-electron chi connectivity index (χ0n) is 14.5. The molecule has 0 bridgehead atoms. The minimum absolute atomic E-state index is 0.124. The van der Waals surface area contributed by atoms with Gasteiger partial charge in [0.05, 0.1) is 11.5 Å². The van der Waals surface area contributed by atoms with Gasteiger partial charge < -0.3 is 14.5 Å². The quantitative estimate of drug-likeness (QED) is 0.828. The third kappa shape index (κ3) is 3.08. The van der Waals surface area contributed by atoms with Crippen LogP contribution < -0.4 is 9.64 Å². The second-order valence-electron chi connectivity index (χ2n) is 6.62. The zero-order chi connectivity index (χ0) is 17.9. The van der Waals surface area contributed by atoms with Crippen molar-refractivity contribution in [2.24, 2.45) is 5.92 Å². The van der Waals surface area contributed by atoms with E-state index in [1.54, 1.807) is 18.3 Å². The van der Waals surface area contributed by atoms with E-state index >= 15 is 0 Å². The fraction of sp³-hybridized carbons (Fsp3) is 0.350. The van der Waals surface area contributed by atoms with Gasteiger partial charge in [0.1, 0.15) is 24.2 Å². The van der Waals surface area contributed by atoms with Gasteiger partial charge in [0, 0.05) is 32.4 Å². The first kappa shape index (κ1) is 16.4. The van der Waals surface area contributed by atoms with Gasteiger partial charge >= 0.3 is 0 Å². The van der Waals surface area contributed by atoms with Crippen LogP contribution >= 0.6 is 0 Å². The lowest BCUT2D eigenvalue weighted by molar-refractivity contribution is -0.137. The molecule has 0 spiro atoms. The Morgan fingerprint density at radius 3 is 2.77 bits per heavy atom. The molecule has 2 aliphatic rings. The Morgan fingerprint density at radius 1 is 1.15 bits per heavy atom. The summed E-state index contributed by atoms with van der Waals surface area (Å²) in [5.41, 5.74) is 1.67. The second-order valence-corrected chi connectivity index (χ2v) is 6.62. The van der Waals surface area contributed by atoms with Crippen molar-refractivity contribution in [2.75, 3.05) is 37.7 Å². The molecule has 1 fully saturated rings. The highest BCUT2D eigenvalue weighted by Crippen LogP contribution is 2.28. The largest absolute Gasteiger partial charge is 0.492 e. The molecule has 4 rings (SSSR count). The van der Waals surface area contributed by atoms with Crippen LogP contribution in [-0.2, 0) is 11.2 Å². The van der Waals surface area contributed by atoms with E-state index in [2.05, 4.69) is 16.0 Å². The molecule has 0 aliphatic carbocycles. The number of para-hydroxylation sites is 1. The predicted octanol–water partition coefficient (Wildman–Crippen LogP) is 1.85. The number of rotatable bonds is 2. The first-order valence-electron chi connectivity index (χ1n) is 8.86. The minimum atomic E-state index is -0.124. The fourth-order valence-corrected chi connectivity index (χ4v) is 3.62. The van der Waals surface area contributed by atoms with Crippen molar-refractivity contribution in [3.8, 4) is 11.8 Å². The summed E-state index contributed by atoms with van der Waals surface area (Å²) in [6, 6.07) is 13.6. The molecular formula is C20H20N4O2. The van der Waals surface area contributed by atoms with Crippen molar-refractivity contribution in [1.29, 1.82) is 5.26 Å². The summed E-state index contributed by atoms with van der Waals surface area (Å²) in [7, 11) is 0. The summed E-state index contributed by atoms with van der Waals surface area (Å²) >= 11 is 0. The van der Waals surface area contributed by atoms with Crippen LogP contribution in [0.1, 0.15) is 11.1 Å². The lowest BCUT2D eigenvalue weighted by Crippen LogP contribution is -2.52. The van der Waals surface area contributed by atoms with E-state index in [9.17, 15) is 10.1 Å². The summed E-state index contributed by atoms with van der Waals surface area (Å²) in [4.78, 5) is 21.2. The Balaban J connectivity index is 1.39. The van der Waals surface area contributed by atoms with E-state index < -0.39 is 0 Å². The van der Waals surface area contributed by atoms with Crippen LogP contribution in [0, 0.1) is 17.2 Å². The number of anilines is 1. The number of aromatic nitrogens is 1. The number of carbonyl (C=O) groups excluding carboxylic acids is 1. The molecule has 0 saturated carbocycles. The third-order valence-electron chi connectivity index (χ3n) is 5.03. The summed E-state index contributed by atoms with van der Waals surface area (Å²) in [6.45, 7) is 3.08. The highest BCUT2D eigenvalue weighted by atomic mass is 16.5. The van der Waals surface area contributed by atoms with E-state index in [4.69, 9.17) is 4.74 Å². The van der Waals surface area contributed by atoms with Gasteiger partial charge in [-0.3, -0.25) is 4.79 Å². The van der Waals surface area contributed by atoms with Crippen LogP contribution in [-0.4, -0.2) is 48.6 Å². The second kappa shape index (κ2) is 7.04. The maximum Gasteiger partial charge on any atom is 0.229 e. The van der Waals surface area contributed by atoms with Crippen LogP contribution in [0.3, 0.4) is 0 Å². The van der Waals surface area contributed by atoms with Gasteiger partial charge in [-0.2, -0.15) is 5.26 Å². The highest BCUT2D eigenvalue weighted by Gasteiger charge is 2.31. The predicted molar refractivity (Wildman–Crippen MR) is 96.9 cm³/mol. The number of hydrogen-bond donors (Lipinski definition) is 0. The van der Waals surface area contributed by atoms with Crippen molar-refractivity contribution in [3.63, 3.8) is 0 Å². The monoisotopic (exact) mass is 348 g/mol. The van der Waals surface area contributed by atoms with Gasteiger partial charge in [-0.15, -0.1) is 0 Å². The van der Waals surface area contributed by atoms with Crippen molar-refractivity contribution in [2.45, 2.75) is 6.42 Å². The Hall–Kier alpha value is -3.07. The molecule has 6 heteroatoms. The molecule has 1 aromatic carbocycles. The summed E-state index contributed by atoms with van der Waals surface area (Å²) in [5, 5.41) is 9.24. The molecule has 26 heavy (non-hydrogen) atoms. The van der Waals surface area contributed by atoms with Crippen molar-refractivity contribution in [3.05, 3.63) is 53.7 Å². The van der Waals surface area contributed by atoms with E-state index in [0.29, 0.717) is 44.2 Å². The van der Waals surface area contributed by atoms with Gasteiger partial charge in [0.25, 0.3) is 0 Å². The highest BCUT2D eigenvalue weighted by molar-refractivity contribution is 5.80. The summed E-state index contributed by atoms with van der Waals surface area (Å²) in [6.07, 6.45) is 2.43. The first-order chi connectivity index (χ1) is 12.8. The van der Waals surface area contributed by atoms with Crippen LogP contribution in [0.5, 0.6) is 5.75 Å². The number of nitriles is 1. The van der Waals surface area contributed by atoms with E-state index in [0.717, 1.165) is 17.7 Å². The number of amides is 1. The maximum atomic E-state index is 12.9. The fourth-order valence-electron chi connectivity index (χ4n) is 3.62. The molecule has 3 heterocycles. The van der Waals surface area contributed by atoms with E-state index in [1.165, 1.54) is 0 Å². The average Bonchev–Trinajstić information content (AvgIpc) is 2.73. The minimum Gasteiger partial charge on any atom is -0.492 e. The number of benzene rings is 1. The molecule has 1 aromatic heterocycles. The molecule has 2 aliphatic heterocycles. The van der Waals surface area contributed by atoms with Crippen molar-refractivity contribution >= 4 is 11.7 Å². The molecule has 1 amide bonds. The Bertz CT molecular complexity index is 853. The van der Waals surface area contributed by atoms with Gasteiger partial charge in [-0.25, -0.2) is 4.98 Å². The number of ether oxygens (including phenoxy) is 1. The smallest absolute Gasteiger partial charge is 0.229 e. The van der Waals surface area contributed by atoms with E-state index in [-0.39, 0.29) is 11.8 Å². The molecule has 132 valence electrons. The molecule has 0 radical (unpaired) electrons. The lowest BCUT2D eigenvalue weighted by Gasteiger charge is -2.38. The van der Waals surface area contributed by atoms with Gasteiger partial charge in [-0.05, 0) is 30.2 Å². The molecular weight excluding hydrogens is 328 g/mol. The Labute approximate surface area is 152 Å². The van der Waals surface area contributed by atoms with Crippen molar-refractivity contribution < 1.29 is 9.53 Å². The normalized spacial score (nSPS) is 19.3. The maximum absolute atomic E-state index is 12.9. The first-order valence-corrected chi connectivity index (χ1v) is 8.86. The molecule has 6 nitrogen and oxygen atoms in total. The number of hydrogen-bond acceptors (Lipinski definition) is 5.